The number of rotatable bonds is 4. The zero-order valence-corrected chi connectivity index (χ0v) is 12.1. The van der Waals surface area contributed by atoms with Gasteiger partial charge in [-0.2, -0.15) is 13.2 Å². The number of hydrogen-bond donors (Lipinski definition) is 2. The van der Waals surface area contributed by atoms with Crippen LogP contribution in [0.2, 0.25) is 0 Å². The zero-order chi connectivity index (χ0) is 14.8. The number of aryl methyl sites for hydroxylation is 1. The molecule has 1 aromatic carbocycles. The largest absolute Gasteiger partial charge is 0.415 e. The van der Waals surface area contributed by atoms with Crippen LogP contribution in [0.3, 0.4) is 0 Å². The highest BCUT2D eigenvalue weighted by atomic mass is 79.9. The standard InChI is InChI=1S/C10H11BrF3NO3S/c1-6-2-3-7(11)4-8(6)19(17,18)15-5-9(16)10(12,13)14/h2-4,9,15-16H,5H2,1H3. The first-order chi connectivity index (χ1) is 8.54. The van der Waals surface area contributed by atoms with E-state index >= 15 is 0 Å². The number of alkyl halides is 3. The second kappa shape index (κ2) is 5.78. The average Bonchev–Trinajstić information content (AvgIpc) is 2.28. The van der Waals surface area contributed by atoms with Crippen LogP contribution in [0.5, 0.6) is 0 Å². The van der Waals surface area contributed by atoms with Gasteiger partial charge < -0.3 is 5.11 Å². The van der Waals surface area contributed by atoms with E-state index in [4.69, 9.17) is 5.11 Å². The van der Waals surface area contributed by atoms with Crippen molar-refractivity contribution in [2.75, 3.05) is 6.54 Å². The molecule has 0 bridgehead atoms. The Balaban J connectivity index is 2.91. The van der Waals surface area contributed by atoms with Crippen molar-refractivity contribution >= 4 is 26.0 Å². The van der Waals surface area contributed by atoms with Gasteiger partial charge in [-0.15, -0.1) is 0 Å². The number of halogens is 4. The monoisotopic (exact) mass is 361 g/mol. The van der Waals surface area contributed by atoms with Crippen LogP contribution in [0, 0.1) is 6.92 Å². The molecular weight excluding hydrogens is 351 g/mol. The van der Waals surface area contributed by atoms with Crippen molar-refractivity contribution in [1.29, 1.82) is 0 Å². The van der Waals surface area contributed by atoms with E-state index in [0.717, 1.165) is 0 Å². The summed E-state index contributed by atoms with van der Waals surface area (Å²) in [7, 11) is -4.11. The lowest BCUT2D eigenvalue weighted by Gasteiger charge is -2.16. The molecule has 1 rings (SSSR count). The predicted octanol–water partition coefficient (Wildman–Crippen LogP) is 1.96. The number of aliphatic hydroxyl groups excluding tert-OH is 1. The van der Waals surface area contributed by atoms with Crippen LogP contribution in [0.15, 0.2) is 27.6 Å². The fourth-order valence-electron chi connectivity index (χ4n) is 1.25. The highest BCUT2D eigenvalue weighted by Crippen LogP contribution is 2.22. The van der Waals surface area contributed by atoms with Crippen molar-refractivity contribution in [3.8, 4) is 0 Å². The van der Waals surface area contributed by atoms with Crippen LogP contribution in [0.4, 0.5) is 13.2 Å². The summed E-state index contributed by atoms with van der Waals surface area (Å²) in [6, 6.07) is 4.40. The fraction of sp³-hybridized carbons (Fsp3) is 0.400. The van der Waals surface area contributed by atoms with Gasteiger partial charge in [0.25, 0.3) is 0 Å². The molecule has 0 aromatic heterocycles. The molecule has 9 heteroatoms. The van der Waals surface area contributed by atoms with E-state index in [-0.39, 0.29) is 4.90 Å². The normalized spacial score (nSPS) is 14.4. The van der Waals surface area contributed by atoms with E-state index in [9.17, 15) is 21.6 Å². The molecule has 0 aliphatic heterocycles. The summed E-state index contributed by atoms with van der Waals surface area (Å²) in [5.41, 5.74) is 0.386. The number of nitrogens with one attached hydrogen (secondary N) is 1. The molecule has 1 unspecified atom stereocenters. The molecule has 0 saturated carbocycles. The molecule has 0 radical (unpaired) electrons. The summed E-state index contributed by atoms with van der Waals surface area (Å²) in [6.07, 6.45) is -7.61. The molecule has 2 N–H and O–H groups in total. The van der Waals surface area contributed by atoms with E-state index in [0.29, 0.717) is 10.0 Å². The van der Waals surface area contributed by atoms with Gasteiger partial charge in [0.2, 0.25) is 10.0 Å². The van der Waals surface area contributed by atoms with Crippen molar-refractivity contribution in [3.05, 3.63) is 28.2 Å². The first-order valence-electron chi connectivity index (χ1n) is 5.04. The van der Waals surface area contributed by atoms with E-state index < -0.39 is 28.8 Å². The molecule has 108 valence electrons. The van der Waals surface area contributed by atoms with Gasteiger partial charge in [-0.3, -0.25) is 0 Å². The molecular formula is C10H11BrF3NO3S. The number of sulfonamides is 1. The minimum atomic E-state index is -4.87. The quantitative estimate of drug-likeness (QED) is 0.861. The maximum absolute atomic E-state index is 12.1. The Morgan fingerprint density at radius 3 is 2.53 bits per heavy atom. The second-order valence-electron chi connectivity index (χ2n) is 3.82. The van der Waals surface area contributed by atoms with Gasteiger partial charge >= 0.3 is 6.18 Å². The molecule has 0 aliphatic rings. The Bertz CT molecular complexity index is 560. The van der Waals surface area contributed by atoms with Crippen molar-refractivity contribution in [2.24, 2.45) is 0 Å². The van der Waals surface area contributed by atoms with Crippen LogP contribution in [-0.2, 0) is 10.0 Å². The van der Waals surface area contributed by atoms with Crippen molar-refractivity contribution in [2.45, 2.75) is 24.1 Å². The summed E-state index contributed by atoms with van der Waals surface area (Å²) >= 11 is 3.08. The topological polar surface area (TPSA) is 66.4 Å². The first kappa shape index (κ1) is 16.4. The predicted molar refractivity (Wildman–Crippen MR) is 66.1 cm³/mol. The molecule has 1 atom stereocenters. The van der Waals surface area contributed by atoms with E-state index in [1.54, 1.807) is 10.8 Å². The molecule has 0 saturated heterocycles. The molecule has 0 aliphatic carbocycles. The van der Waals surface area contributed by atoms with Gasteiger partial charge in [-0.05, 0) is 24.6 Å². The minimum absolute atomic E-state index is 0.142. The Kier molecular flexibility index (Phi) is 4.99. The van der Waals surface area contributed by atoms with Crippen LogP contribution in [0.1, 0.15) is 5.56 Å². The van der Waals surface area contributed by atoms with Crippen LogP contribution < -0.4 is 4.72 Å². The lowest BCUT2D eigenvalue weighted by Crippen LogP contribution is -2.40. The van der Waals surface area contributed by atoms with Crippen LogP contribution in [0.25, 0.3) is 0 Å². The SMILES string of the molecule is Cc1ccc(Br)cc1S(=O)(=O)NCC(O)C(F)(F)F. The summed E-state index contributed by atoms with van der Waals surface area (Å²) < 4.78 is 62.1. The minimum Gasteiger partial charge on any atom is -0.382 e. The molecule has 0 spiro atoms. The van der Waals surface area contributed by atoms with Crippen molar-refractivity contribution in [3.63, 3.8) is 0 Å². The third-order valence-corrected chi connectivity index (χ3v) is 4.34. The third-order valence-electron chi connectivity index (χ3n) is 2.28. The summed E-state index contributed by atoms with van der Waals surface area (Å²) in [4.78, 5) is -0.142. The number of aliphatic hydroxyl groups is 1. The highest BCUT2D eigenvalue weighted by Gasteiger charge is 2.38. The molecule has 0 amide bonds. The van der Waals surface area contributed by atoms with Gasteiger partial charge in [0.15, 0.2) is 6.10 Å². The average molecular weight is 362 g/mol. The number of hydrogen-bond acceptors (Lipinski definition) is 3. The smallest absolute Gasteiger partial charge is 0.382 e. The Morgan fingerprint density at radius 2 is 2.00 bits per heavy atom. The Morgan fingerprint density at radius 1 is 1.42 bits per heavy atom. The fourth-order valence-corrected chi connectivity index (χ4v) is 3.06. The van der Waals surface area contributed by atoms with Crippen molar-refractivity contribution in [1.82, 2.24) is 4.72 Å². The maximum Gasteiger partial charge on any atom is 0.415 e. The zero-order valence-electron chi connectivity index (χ0n) is 9.70. The first-order valence-corrected chi connectivity index (χ1v) is 7.32. The Labute approximate surface area is 116 Å². The molecule has 19 heavy (non-hydrogen) atoms. The molecule has 1 aromatic rings. The van der Waals surface area contributed by atoms with E-state index in [2.05, 4.69) is 15.9 Å². The van der Waals surface area contributed by atoms with Gasteiger partial charge in [0.05, 0.1) is 4.90 Å². The van der Waals surface area contributed by atoms with E-state index in [1.807, 2.05) is 0 Å². The lowest BCUT2D eigenvalue weighted by molar-refractivity contribution is -0.200. The summed E-state index contributed by atoms with van der Waals surface area (Å²) in [5, 5.41) is 8.76. The second-order valence-corrected chi connectivity index (χ2v) is 6.47. The third kappa shape index (κ3) is 4.44. The Hall–Kier alpha value is -0.640. The van der Waals surface area contributed by atoms with Gasteiger partial charge in [0, 0.05) is 11.0 Å². The maximum atomic E-state index is 12.1. The van der Waals surface area contributed by atoms with Gasteiger partial charge in [-0.1, -0.05) is 22.0 Å². The van der Waals surface area contributed by atoms with E-state index in [1.165, 1.54) is 19.1 Å². The molecule has 4 nitrogen and oxygen atoms in total. The van der Waals surface area contributed by atoms with Gasteiger partial charge in [0.1, 0.15) is 0 Å². The summed E-state index contributed by atoms with van der Waals surface area (Å²) in [5.74, 6) is 0. The molecule has 0 heterocycles. The highest BCUT2D eigenvalue weighted by molar-refractivity contribution is 9.10. The lowest BCUT2D eigenvalue weighted by atomic mass is 10.2. The molecule has 0 fully saturated rings. The van der Waals surface area contributed by atoms with Crippen LogP contribution in [-0.4, -0.2) is 32.3 Å². The summed E-state index contributed by atoms with van der Waals surface area (Å²) in [6.45, 7) is 0.388. The van der Waals surface area contributed by atoms with Gasteiger partial charge in [-0.25, -0.2) is 13.1 Å². The van der Waals surface area contributed by atoms with Crippen molar-refractivity contribution < 1.29 is 26.7 Å². The number of benzene rings is 1. The van der Waals surface area contributed by atoms with Crippen LogP contribution >= 0.6 is 15.9 Å².